The van der Waals surface area contributed by atoms with Crippen molar-refractivity contribution >= 4 is 58.4 Å². The summed E-state index contributed by atoms with van der Waals surface area (Å²) in [7, 11) is 0. The van der Waals surface area contributed by atoms with E-state index in [0.29, 0.717) is 0 Å². The highest BCUT2D eigenvalue weighted by Crippen LogP contribution is 2.38. The molecule has 0 amide bonds. The maximum atomic E-state index is 2.32. The van der Waals surface area contributed by atoms with E-state index in [0.717, 1.165) is 56.4 Å². The van der Waals surface area contributed by atoms with Gasteiger partial charge in [-0.05, 0) is 120 Å². The van der Waals surface area contributed by atoms with Crippen LogP contribution in [0.1, 0.15) is 33.4 Å². The van der Waals surface area contributed by atoms with E-state index in [-0.39, 0.29) is 0 Å². The van der Waals surface area contributed by atoms with Gasteiger partial charge in [-0.1, -0.05) is 193 Å². The second-order valence-corrected chi connectivity index (χ2v) is 14.9. The molecular formula is C58H48N2. The lowest BCUT2D eigenvalue weighted by atomic mass is 10.0. The van der Waals surface area contributed by atoms with Crippen molar-refractivity contribution in [1.29, 1.82) is 0 Å². The lowest BCUT2D eigenvalue weighted by molar-refractivity contribution is 1.27. The van der Waals surface area contributed by atoms with Gasteiger partial charge in [-0.25, -0.2) is 0 Å². The van der Waals surface area contributed by atoms with Crippen LogP contribution in [0.5, 0.6) is 0 Å². The smallest absolute Gasteiger partial charge is 0.0462 e. The molecule has 0 aliphatic carbocycles. The Balaban J connectivity index is 1.01. The summed E-state index contributed by atoms with van der Waals surface area (Å²) in [5, 5.41) is 0. The molecule has 290 valence electrons. The van der Waals surface area contributed by atoms with Crippen LogP contribution in [0.25, 0.3) is 35.4 Å². The van der Waals surface area contributed by atoms with Crippen molar-refractivity contribution in [2.24, 2.45) is 0 Å². The van der Waals surface area contributed by atoms with Gasteiger partial charge in [-0.15, -0.1) is 0 Å². The summed E-state index contributed by atoms with van der Waals surface area (Å²) in [6.07, 6.45) is 16.9. The molecule has 0 aliphatic rings. The zero-order valence-corrected chi connectivity index (χ0v) is 34.1. The molecule has 0 atom stereocenters. The molecule has 0 aliphatic heterocycles. The molecule has 0 fully saturated rings. The Bertz CT molecular complexity index is 2490. The standard InChI is InChI=1S/C58H48N2/c1-45-21-33-53(34-22-45)59(55-37-25-49(26-38-55)19-11-9-17-47-13-5-3-6-14-47)57-41-29-51(30-42-57)52-31-43-58(44-32-52)60(54-35-23-46(2)24-36-54)56-39-27-50(28-40-56)20-12-10-18-48-15-7-4-8-16-48/h3-44H,1-2H3/b17-9?,18-10?,19-11-,20-12-. The quantitative estimate of drug-likeness (QED) is 0.108. The van der Waals surface area contributed by atoms with Crippen LogP contribution in [0, 0.1) is 13.8 Å². The number of rotatable bonds is 13. The van der Waals surface area contributed by atoms with Gasteiger partial charge in [-0.3, -0.25) is 0 Å². The molecule has 0 radical (unpaired) electrons. The highest BCUT2D eigenvalue weighted by molar-refractivity contribution is 5.81. The molecule has 0 saturated carbocycles. The Hall–Kier alpha value is -7.68. The Morgan fingerprint density at radius 1 is 0.250 bits per heavy atom. The molecule has 8 rings (SSSR count). The minimum atomic E-state index is 1.10. The highest BCUT2D eigenvalue weighted by atomic mass is 15.1. The fourth-order valence-electron chi connectivity index (χ4n) is 7.15. The molecule has 0 spiro atoms. The molecule has 0 heterocycles. The van der Waals surface area contributed by atoms with E-state index in [4.69, 9.17) is 0 Å². The number of benzene rings is 8. The zero-order chi connectivity index (χ0) is 40.9. The summed E-state index contributed by atoms with van der Waals surface area (Å²) in [5.41, 5.74) is 16.1. The molecule has 2 heteroatoms. The molecule has 0 saturated heterocycles. The van der Waals surface area contributed by atoms with Gasteiger partial charge in [0.25, 0.3) is 0 Å². The van der Waals surface area contributed by atoms with Crippen LogP contribution in [-0.4, -0.2) is 0 Å². The van der Waals surface area contributed by atoms with E-state index in [9.17, 15) is 0 Å². The minimum absolute atomic E-state index is 1.10. The third kappa shape index (κ3) is 10.1. The summed E-state index contributed by atoms with van der Waals surface area (Å²) < 4.78 is 0. The number of allylic oxidation sites excluding steroid dienone is 4. The average molecular weight is 773 g/mol. The van der Waals surface area contributed by atoms with Crippen LogP contribution in [0.4, 0.5) is 34.1 Å². The van der Waals surface area contributed by atoms with E-state index in [1.54, 1.807) is 0 Å². The molecule has 2 nitrogen and oxygen atoms in total. The van der Waals surface area contributed by atoms with Crippen molar-refractivity contribution in [2.45, 2.75) is 13.8 Å². The Morgan fingerprint density at radius 3 is 0.767 bits per heavy atom. The number of hydrogen-bond acceptors (Lipinski definition) is 2. The van der Waals surface area contributed by atoms with E-state index in [2.05, 4.69) is 266 Å². The molecule has 0 N–H and O–H groups in total. The average Bonchev–Trinajstić information content (AvgIpc) is 3.30. The fourth-order valence-corrected chi connectivity index (χ4v) is 7.15. The van der Waals surface area contributed by atoms with E-state index >= 15 is 0 Å². The van der Waals surface area contributed by atoms with Crippen LogP contribution in [0.3, 0.4) is 0 Å². The second kappa shape index (κ2) is 19.2. The molecule has 8 aromatic carbocycles. The Kier molecular flexibility index (Phi) is 12.5. The summed E-state index contributed by atoms with van der Waals surface area (Å²) in [6, 6.07) is 73.5. The van der Waals surface area contributed by atoms with Crippen molar-refractivity contribution in [3.05, 3.63) is 264 Å². The van der Waals surface area contributed by atoms with E-state index in [1.807, 2.05) is 12.1 Å². The highest BCUT2D eigenvalue weighted by Gasteiger charge is 2.15. The predicted octanol–water partition coefficient (Wildman–Crippen LogP) is 16.4. The third-order valence-corrected chi connectivity index (χ3v) is 10.4. The van der Waals surface area contributed by atoms with Crippen LogP contribution < -0.4 is 9.80 Å². The van der Waals surface area contributed by atoms with Gasteiger partial charge >= 0.3 is 0 Å². The maximum absolute atomic E-state index is 2.32. The second-order valence-electron chi connectivity index (χ2n) is 14.9. The molecular weight excluding hydrogens is 725 g/mol. The van der Waals surface area contributed by atoms with Crippen molar-refractivity contribution in [1.82, 2.24) is 0 Å². The molecule has 0 unspecified atom stereocenters. The first-order valence-electron chi connectivity index (χ1n) is 20.5. The summed E-state index contributed by atoms with van der Waals surface area (Å²) in [6.45, 7) is 4.26. The monoisotopic (exact) mass is 772 g/mol. The van der Waals surface area contributed by atoms with Gasteiger partial charge in [0.2, 0.25) is 0 Å². The summed E-state index contributed by atoms with van der Waals surface area (Å²) in [5.74, 6) is 0. The van der Waals surface area contributed by atoms with Gasteiger partial charge in [0.15, 0.2) is 0 Å². The molecule has 60 heavy (non-hydrogen) atoms. The first kappa shape index (κ1) is 39.2. The zero-order valence-electron chi connectivity index (χ0n) is 34.1. The fraction of sp³-hybridized carbons (Fsp3) is 0.0345. The topological polar surface area (TPSA) is 6.48 Å². The lowest BCUT2D eigenvalue weighted by Gasteiger charge is -2.26. The molecule has 0 aromatic heterocycles. The van der Waals surface area contributed by atoms with Gasteiger partial charge < -0.3 is 9.80 Å². The molecule has 0 bridgehead atoms. The first-order valence-corrected chi connectivity index (χ1v) is 20.5. The molecule has 8 aromatic rings. The first-order chi connectivity index (χ1) is 29.6. The van der Waals surface area contributed by atoms with Crippen molar-refractivity contribution in [2.75, 3.05) is 9.80 Å². The lowest BCUT2D eigenvalue weighted by Crippen LogP contribution is -2.10. The van der Waals surface area contributed by atoms with Crippen LogP contribution in [-0.2, 0) is 0 Å². The van der Waals surface area contributed by atoms with Gasteiger partial charge in [-0.2, -0.15) is 0 Å². The number of nitrogens with zero attached hydrogens (tertiary/aromatic N) is 2. The van der Waals surface area contributed by atoms with Gasteiger partial charge in [0.1, 0.15) is 0 Å². The third-order valence-electron chi connectivity index (χ3n) is 10.4. The van der Waals surface area contributed by atoms with Crippen molar-refractivity contribution in [3.8, 4) is 11.1 Å². The normalized spacial score (nSPS) is 11.6. The van der Waals surface area contributed by atoms with Crippen LogP contribution in [0.15, 0.2) is 231 Å². The van der Waals surface area contributed by atoms with E-state index in [1.165, 1.54) is 22.3 Å². The summed E-state index contributed by atoms with van der Waals surface area (Å²) >= 11 is 0. The van der Waals surface area contributed by atoms with Gasteiger partial charge in [0, 0.05) is 34.1 Å². The maximum Gasteiger partial charge on any atom is 0.0462 e. The van der Waals surface area contributed by atoms with Crippen LogP contribution >= 0.6 is 0 Å². The van der Waals surface area contributed by atoms with E-state index < -0.39 is 0 Å². The van der Waals surface area contributed by atoms with Gasteiger partial charge in [0.05, 0.1) is 0 Å². The van der Waals surface area contributed by atoms with Crippen molar-refractivity contribution in [3.63, 3.8) is 0 Å². The van der Waals surface area contributed by atoms with Crippen LogP contribution in [0.2, 0.25) is 0 Å². The summed E-state index contributed by atoms with van der Waals surface area (Å²) in [4.78, 5) is 4.63. The number of aryl methyl sites for hydroxylation is 2. The Morgan fingerprint density at radius 2 is 0.483 bits per heavy atom. The SMILES string of the molecule is Cc1ccc(N(c2ccc(/C=C\C=Cc3ccccc3)cc2)c2ccc(-c3ccc(N(c4ccc(C)cc4)c4ccc(/C=C\C=Cc5ccccc5)cc4)cc3)cc2)cc1. The number of anilines is 6. The number of hydrogen-bond donors (Lipinski definition) is 0. The Labute approximate surface area is 355 Å². The van der Waals surface area contributed by atoms with Crippen molar-refractivity contribution < 1.29 is 0 Å². The minimum Gasteiger partial charge on any atom is -0.311 e. The largest absolute Gasteiger partial charge is 0.311 e. The predicted molar refractivity (Wildman–Crippen MR) is 260 cm³/mol.